The summed E-state index contributed by atoms with van der Waals surface area (Å²) in [4.78, 5) is 14.6. The fraction of sp³-hybridized carbons (Fsp3) is 0.609. The molecule has 0 saturated heterocycles. The number of aryl methyl sites for hydroxylation is 1. The lowest BCUT2D eigenvalue weighted by Gasteiger charge is -2.28. The van der Waals surface area contributed by atoms with Gasteiger partial charge in [-0.3, -0.25) is 4.90 Å². The van der Waals surface area contributed by atoms with Crippen LogP contribution in [0.3, 0.4) is 0 Å². The summed E-state index contributed by atoms with van der Waals surface area (Å²) >= 11 is 6.18. The quantitative estimate of drug-likeness (QED) is 0.575. The van der Waals surface area contributed by atoms with Gasteiger partial charge in [0.2, 0.25) is 0 Å². The van der Waals surface area contributed by atoms with Gasteiger partial charge in [-0.1, -0.05) is 36.9 Å². The van der Waals surface area contributed by atoms with Crippen LogP contribution in [0.1, 0.15) is 70.4 Å². The molecule has 1 aliphatic heterocycles. The molecule has 1 aromatic rings. The molecule has 1 heterocycles. The summed E-state index contributed by atoms with van der Waals surface area (Å²) in [6.07, 6.45) is 6.71. The number of amides is 1. The van der Waals surface area contributed by atoms with Crippen LogP contribution in [0.15, 0.2) is 28.4 Å². The predicted molar refractivity (Wildman–Crippen MR) is 119 cm³/mol. The van der Waals surface area contributed by atoms with Crippen molar-refractivity contribution in [1.29, 1.82) is 0 Å². The highest BCUT2D eigenvalue weighted by Gasteiger charge is 2.28. The third-order valence-corrected chi connectivity index (χ3v) is 5.71. The highest BCUT2D eigenvalue weighted by atomic mass is 35.5. The average Bonchev–Trinajstić information content (AvgIpc) is 3.12. The molecule has 5 nitrogen and oxygen atoms in total. The highest BCUT2D eigenvalue weighted by molar-refractivity contribution is 6.30. The second-order valence-corrected chi connectivity index (χ2v) is 9.61. The Morgan fingerprint density at radius 1 is 1.17 bits per heavy atom. The first-order valence-corrected chi connectivity index (χ1v) is 10.9. The van der Waals surface area contributed by atoms with E-state index in [0.29, 0.717) is 24.0 Å². The first-order valence-electron chi connectivity index (χ1n) is 10.6. The second-order valence-electron chi connectivity index (χ2n) is 9.18. The van der Waals surface area contributed by atoms with E-state index in [1.54, 1.807) is 4.90 Å². The molecule has 0 atom stereocenters. The molecule has 1 aliphatic carbocycles. The Morgan fingerprint density at radius 2 is 1.90 bits per heavy atom. The van der Waals surface area contributed by atoms with Crippen molar-refractivity contribution in [3.05, 3.63) is 34.3 Å². The molecule has 0 aromatic heterocycles. The van der Waals surface area contributed by atoms with Gasteiger partial charge in [-0.05, 0) is 69.7 Å². The lowest BCUT2D eigenvalue weighted by atomic mass is 9.84. The monoisotopic (exact) mass is 417 g/mol. The number of benzene rings is 1. The lowest BCUT2D eigenvalue weighted by Crippen LogP contribution is -2.39. The maximum Gasteiger partial charge on any atom is 0.410 e. The number of hydrogen-bond donors (Lipinski definition) is 0. The molecule has 0 radical (unpaired) electrons. The smallest absolute Gasteiger partial charge is 0.410 e. The normalized spacial score (nSPS) is 17.7. The van der Waals surface area contributed by atoms with Crippen molar-refractivity contribution in [3.63, 3.8) is 0 Å². The van der Waals surface area contributed by atoms with Crippen molar-refractivity contribution in [1.82, 2.24) is 4.90 Å². The molecule has 0 bridgehead atoms. The van der Waals surface area contributed by atoms with E-state index in [9.17, 15) is 4.79 Å². The molecular formula is C23H32ClN3O2. The van der Waals surface area contributed by atoms with Crippen LogP contribution >= 0.6 is 11.6 Å². The van der Waals surface area contributed by atoms with Gasteiger partial charge in [0, 0.05) is 23.7 Å². The van der Waals surface area contributed by atoms with Gasteiger partial charge in [0.15, 0.2) is 0 Å². The van der Waals surface area contributed by atoms with Crippen LogP contribution in [0.2, 0.25) is 5.02 Å². The maximum atomic E-state index is 12.9. The average molecular weight is 418 g/mol. The van der Waals surface area contributed by atoms with Crippen molar-refractivity contribution in [2.45, 2.75) is 78.4 Å². The number of carbonyl (C=O) groups excluding carboxylic acids is 1. The number of nitrogens with zero attached hydrogens (tertiary/aromatic N) is 3. The minimum Gasteiger partial charge on any atom is -0.444 e. The Bertz CT molecular complexity index is 805. The Morgan fingerprint density at radius 3 is 2.59 bits per heavy atom. The van der Waals surface area contributed by atoms with Crippen LogP contribution in [-0.2, 0) is 11.3 Å². The van der Waals surface area contributed by atoms with E-state index in [0.717, 1.165) is 23.3 Å². The van der Waals surface area contributed by atoms with Gasteiger partial charge in [0.05, 0.1) is 12.3 Å². The predicted octanol–water partition coefficient (Wildman–Crippen LogP) is 6.17. The Hall–Kier alpha value is -1.88. The number of carbonyl (C=O) groups is 1. The van der Waals surface area contributed by atoms with Gasteiger partial charge in [0.1, 0.15) is 5.60 Å². The molecule has 6 heteroatoms. The van der Waals surface area contributed by atoms with Gasteiger partial charge >= 0.3 is 6.09 Å². The third kappa shape index (κ3) is 6.30. The summed E-state index contributed by atoms with van der Waals surface area (Å²) in [6, 6.07) is 5.75. The van der Waals surface area contributed by atoms with Crippen molar-refractivity contribution >= 4 is 29.1 Å². The van der Waals surface area contributed by atoms with E-state index in [1.165, 1.54) is 37.8 Å². The molecule has 1 amide bonds. The molecule has 29 heavy (non-hydrogen) atoms. The molecule has 158 valence electrons. The highest BCUT2D eigenvalue weighted by Crippen LogP contribution is 2.28. The zero-order valence-electron chi connectivity index (χ0n) is 18.0. The molecule has 2 aliphatic rings. The minimum atomic E-state index is -0.556. The number of hydrogen-bond acceptors (Lipinski definition) is 4. The zero-order chi connectivity index (χ0) is 21.0. The summed E-state index contributed by atoms with van der Waals surface area (Å²) in [7, 11) is 0. The second kappa shape index (κ2) is 9.29. The molecule has 0 unspecified atom stereocenters. The number of rotatable bonds is 5. The topological polar surface area (TPSA) is 54.3 Å². The fourth-order valence-electron chi connectivity index (χ4n) is 3.91. The molecule has 3 rings (SSSR count). The van der Waals surface area contributed by atoms with Crippen LogP contribution in [-0.4, -0.2) is 34.6 Å². The summed E-state index contributed by atoms with van der Waals surface area (Å²) in [5.74, 6) is 0.551. The van der Waals surface area contributed by atoms with Crippen LogP contribution in [0.5, 0.6) is 0 Å². The SMILES string of the molecule is Cc1ccc(Cl)cc1CN(CC1=NN=C(C2CCCCC2)C1)C(=O)OC(C)(C)C. The van der Waals surface area contributed by atoms with Crippen molar-refractivity contribution < 1.29 is 9.53 Å². The summed E-state index contributed by atoms with van der Waals surface area (Å²) < 4.78 is 5.66. The van der Waals surface area contributed by atoms with Crippen LogP contribution < -0.4 is 0 Å². The standard InChI is InChI=1S/C23H32ClN3O2/c1-16-10-11-19(24)12-18(16)14-27(22(28)29-23(2,3)4)15-20-13-21(26-25-20)17-8-6-5-7-9-17/h10-12,17H,5-9,13-15H2,1-4H3. The molecule has 1 aromatic carbocycles. The zero-order valence-corrected chi connectivity index (χ0v) is 18.8. The van der Waals surface area contributed by atoms with E-state index >= 15 is 0 Å². The summed E-state index contributed by atoms with van der Waals surface area (Å²) in [5.41, 5.74) is 3.66. The van der Waals surface area contributed by atoms with Crippen LogP contribution in [0.25, 0.3) is 0 Å². The van der Waals surface area contributed by atoms with Gasteiger partial charge in [-0.15, -0.1) is 0 Å². The van der Waals surface area contributed by atoms with Gasteiger partial charge in [0.25, 0.3) is 0 Å². The van der Waals surface area contributed by atoms with Gasteiger partial charge < -0.3 is 4.74 Å². The molecule has 0 N–H and O–H groups in total. The van der Waals surface area contributed by atoms with Crippen molar-refractivity contribution in [3.8, 4) is 0 Å². The van der Waals surface area contributed by atoms with E-state index in [2.05, 4.69) is 10.2 Å². The van der Waals surface area contributed by atoms with E-state index in [4.69, 9.17) is 16.3 Å². The van der Waals surface area contributed by atoms with Gasteiger partial charge in [-0.2, -0.15) is 10.2 Å². The Kier molecular flexibility index (Phi) is 6.99. The van der Waals surface area contributed by atoms with Crippen LogP contribution in [0.4, 0.5) is 4.79 Å². The molecule has 1 saturated carbocycles. The first-order chi connectivity index (χ1) is 13.7. The fourth-order valence-corrected chi connectivity index (χ4v) is 4.11. The molecular weight excluding hydrogens is 386 g/mol. The number of ether oxygens (including phenoxy) is 1. The van der Waals surface area contributed by atoms with E-state index < -0.39 is 5.60 Å². The lowest BCUT2D eigenvalue weighted by molar-refractivity contribution is 0.0263. The summed E-state index contributed by atoms with van der Waals surface area (Å²) in [5, 5.41) is 9.56. The number of halogens is 1. The first kappa shape index (κ1) is 21.8. The van der Waals surface area contributed by atoms with Crippen molar-refractivity contribution in [2.24, 2.45) is 16.1 Å². The van der Waals surface area contributed by atoms with Gasteiger partial charge in [-0.25, -0.2) is 4.79 Å². The third-order valence-electron chi connectivity index (χ3n) is 5.48. The molecule has 1 fully saturated rings. The largest absolute Gasteiger partial charge is 0.444 e. The molecule has 0 spiro atoms. The van der Waals surface area contributed by atoms with E-state index in [1.807, 2.05) is 45.9 Å². The Labute approximate surface area is 179 Å². The van der Waals surface area contributed by atoms with E-state index in [-0.39, 0.29) is 6.09 Å². The minimum absolute atomic E-state index is 0.342. The Balaban J connectivity index is 1.70. The maximum absolute atomic E-state index is 12.9. The van der Waals surface area contributed by atoms with Crippen LogP contribution in [0, 0.1) is 12.8 Å². The summed E-state index contributed by atoms with van der Waals surface area (Å²) in [6.45, 7) is 8.51. The van der Waals surface area contributed by atoms with Crippen molar-refractivity contribution in [2.75, 3.05) is 6.54 Å².